The summed E-state index contributed by atoms with van der Waals surface area (Å²) < 4.78 is 1.55. The molecule has 0 bridgehead atoms. The number of amides is 3. The second-order valence-corrected chi connectivity index (χ2v) is 8.48. The van der Waals surface area contributed by atoms with Gasteiger partial charge in [0.1, 0.15) is 4.83 Å². The second kappa shape index (κ2) is 7.60. The first-order valence-corrected chi connectivity index (χ1v) is 10.4. The zero-order chi connectivity index (χ0) is 18.8. The first kappa shape index (κ1) is 18.6. The molecule has 3 amide bonds. The van der Waals surface area contributed by atoms with Crippen LogP contribution in [0.2, 0.25) is 0 Å². The maximum atomic E-state index is 13.0. The Balaban J connectivity index is 2.04. The highest BCUT2D eigenvalue weighted by molar-refractivity contribution is 8.00. The lowest BCUT2D eigenvalue weighted by atomic mass is 10.2. The third-order valence-corrected chi connectivity index (χ3v) is 6.52. The fourth-order valence-electron chi connectivity index (χ4n) is 2.42. The molecule has 136 valence electrons. The van der Waals surface area contributed by atoms with E-state index in [4.69, 9.17) is 5.73 Å². The lowest BCUT2D eigenvalue weighted by molar-refractivity contribution is -0.119. The number of fused-ring (bicyclic) bond motifs is 1. The van der Waals surface area contributed by atoms with Gasteiger partial charge in [0, 0.05) is 22.4 Å². The molecule has 0 aromatic carbocycles. The summed E-state index contributed by atoms with van der Waals surface area (Å²) in [5.41, 5.74) is 5.73. The Morgan fingerprint density at radius 3 is 2.81 bits per heavy atom. The first-order valence-electron chi connectivity index (χ1n) is 7.75. The van der Waals surface area contributed by atoms with Gasteiger partial charge in [-0.15, -0.1) is 22.7 Å². The second-order valence-electron chi connectivity index (χ2n) is 5.36. The Hall–Kier alpha value is -2.17. The van der Waals surface area contributed by atoms with Crippen LogP contribution in [0, 0.1) is 0 Å². The fourth-order valence-corrected chi connectivity index (χ4v) is 5.20. The number of nitrogens with one attached hydrogen (secondary N) is 1. The van der Waals surface area contributed by atoms with E-state index in [0.29, 0.717) is 21.9 Å². The van der Waals surface area contributed by atoms with Gasteiger partial charge in [-0.05, 0) is 25.3 Å². The van der Waals surface area contributed by atoms with Gasteiger partial charge in [-0.1, -0.05) is 17.8 Å². The van der Waals surface area contributed by atoms with E-state index in [-0.39, 0.29) is 5.56 Å². The number of thiophene rings is 2. The largest absolute Gasteiger partial charge is 0.351 e. The number of nitrogens with two attached hydrogens (primary N) is 1. The molecule has 3 rings (SSSR count). The van der Waals surface area contributed by atoms with Crippen LogP contribution in [0.5, 0.6) is 0 Å². The fraction of sp³-hybridized carbons (Fsp3) is 0.250. The lowest BCUT2D eigenvalue weighted by Crippen LogP contribution is -2.39. The molecular formula is C16H16N4O3S3. The van der Waals surface area contributed by atoms with Gasteiger partial charge >= 0.3 is 6.03 Å². The van der Waals surface area contributed by atoms with Crippen molar-refractivity contribution in [1.82, 2.24) is 14.9 Å². The Bertz CT molecular complexity index is 1020. The number of hydrogen-bond donors (Lipinski definition) is 2. The van der Waals surface area contributed by atoms with E-state index in [0.717, 1.165) is 22.2 Å². The molecule has 0 fully saturated rings. The topological polar surface area (TPSA) is 107 Å². The van der Waals surface area contributed by atoms with Gasteiger partial charge in [-0.25, -0.2) is 9.78 Å². The molecule has 10 heteroatoms. The van der Waals surface area contributed by atoms with Crippen molar-refractivity contribution in [3.63, 3.8) is 0 Å². The molecule has 0 saturated heterocycles. The number of rotatable bonds is 5. The van der Waals surface area contributed by atoms with E-state index in [1.165, 1.54) is 11.3 Å². The molecule has 0 aliphatic carbocycles. The van der Waals surface area contributed by atoms with Crippen molar-refractivity contribution in [3.05, 3.63) is 33.2 Å². The predicted octanol–water partition coefficient (Wildman–Crippen LogP) is 2.88. The highest BCUT2D eigenvalue weighted by Gasteiger charge is 2.22. The number of carbonyl (C=O) groups is 2. The minimum Gasteiger partial charge on any atom is -0.351 e. The minimum atomic E-state index is -0.905. The van der Waals surface area contributed by atoms with Crippen LogP contribution in [0.15, 0.2) is 32.8 Å². The SMILES string of the molecule is CCn1c(S[C@H](C)C(=O)NC(N)=O)nc2scc(-c3cccs3)c2c1=O. The van der Waals surface area contributed by atoms with Gasteiger partial charge in [0.25, 0.3) is 5.56 Å². The van der Waals surface area contributed by atoms with Crippen LogP contribution in [-0.2, 0) is 11.3 Å². The molecule has 0 saturated carbocycles. The summed E-state index contributed by atoms with van der Waals surface area (Å²) in [4.78, 5) is 42.0. The molecule has 3 heterocycles. The van der Waals surface area contributed by atoms with Gasteiger partial charge in [-0.3, -0.25) is 19.5 Å². The zero-order valence-corrected chi connectivity index (χ0v) is 16.5. The highest BCUT2D eigenvalue weighted by Crippen LogP contribution is 2.35. The number of nitrogens with zero attached hydrogens (tertiary/aromatic N) is 2. The van der Waals surface area contributed by atoms with Crippen LogP contribution in [0.1, 0.15) is 13.8 Å². The van der Waals surface area contributed by atoms with Crippen molar-refractivity contribution in [2.45, 2.75) is 30.8 Å². The van der Waals surface area contributed by atoms with Crippen molar-refractivity contribution < 1.29 is 9.59 Å². The molecule has 0 aliphatic rings. The normalized spacial score (nSPS) is 12.2. The number of thioether (sulfide) groups is 1. The Morgan fingerprint density at radius 2 is 2.19 bits per heavy atom. The summed E-state index contributed by atoms with van der Waals surface area (Å²) in [7, 11) is 0. The standard InChI is InChI=1S/C16H16N4O3S3/c1-3-20-14(22)11-9(10-5-4-6-24-10)7-25-13(11)19-16(20)26-8(2)12(21)18-15(17)23/h4-8H,3H2,1-2H3,(H3,17,18,21,23)/t8-/m1/s1. The summed E-state index contributed by atoms with van der Waals surface area (Å²) >= 11 is 4.09. The monoisotopic (exact) mass is 408 g/mol. The molecule has 0 unspecified atom stereocenters. The number of hydrogen-bond acceptors (Lipinski definition) is 7. The summed E-state index contributed by atoms with van der Waals surface area (Å²) in [6.45, 7) is 3.91. The predicted molar refractivity (Wildman–Crippen MR) is 106 cm³/mol. The van der Waals surface area contributed by atoms with Crippen LogP contribution in [0.3, 0.4) is 0 Å². The van der Waals surface area contributed by atoms with Gasteiger partial charge in [0.15, 0.2) is 5.16 Å². The number of imide groups is 1. The van der Waals surface area contributed by atoms with Crippen LogP contribution >= 0.6 is 34.4 Å². The van der Waals surface area contributed by atoms with Crippen molar-refractivity contribution in [2.75, 3.05) is 0 Å². The van der Waals surface area contributed by atoms with Crippen LogP contribution in [0.25, 0.3) is 20.7 Å². The average Bonchev–Trinajstić information content (AvgIpc) is 3.23. The molecule has 3 N–H and O–H groups in total. The van der Waals surface area contributed by atoms with E-state index < -0.39 is 17.2 Å². The average molecular weight is 409 g/mol. The Morgan fingerprint density at radius 1 is 1.42 bits per heavy atom. The van der Waals surface area contributed by atoms with E-state index >= 15 is 0 Å². The van der Waals surface area contributed by atoms with E-state index in [1.54, 1.807) is 22.8 Å². The number of carbonyl (C=O) groups excluding carboxylic acids is 2. The lowest BCUT2D eigenvalue weighted by Gasteiger charge is -2.14. The number of primary amides is 1. The van der Waals surface area contributed by atoms with Crippen LogP contribution in [-0.4, -0.2) is 26.7 Å². The van der Waals surface area contributed by atoms with E-state index in [2.05, 4.69) is 4.98 Å². The van der Waals surface area contributed by atoms with Gasteiger partial charge in [0.05, 0.1) is 10.6 Å². The van der Waals surface area contributed by atoms with Gasteiger partial charge in [-0.2, -0.15) is 0 Å². The maximum absolute atomic E-state index is 13.0. The zero-order valence-electron chi connectivity index (χ0n) is 14.0. The maximum Gasteiger partial charge on any atom is 0.318 e. The minimum absolute atomic E-state index is 0.132. The number of urea groups is 1. The first-order chi connectivity index (χ1) is 12.4. The molecule has 0 radical (unpaired) electrons. The quantitative estimate of drug-likeness (QED) is 0.499. The molecule has 1 atom stereocenters. The number of aromatic nitrogens is 2. The van der Waals surface area contributed by atoms with Gasteiger partial charge in [0.2, 0.25) is 5.91 Å². The van der Waals surface area contributed by atoms with Crippen molar-refractivity contribution in [1.29, 1.82) is 0 Å². The third-order valence-electron chi connectivity index (χ3n) is 3.66. The smallest absolute Gasteiger partial charge is 0.318 e. The molecule has 3 aromatic rings. The van der Waals surface area contributed by atoms with Crippen LogP contribution < -0.4 is 16.6 Å². The van der Waals surface area contributed by atoms with E-state index in [9.17, 15) is 14.4 Å². The van der Waals surface area contributed by atoms with Crippen molar-refractivity contribution in [3.8, 4) is 10.4 Å². The van der Waals surface area contributed by atoms with E-state index in [1.807, 2.05) is 35.1 Å². The van der Waals surface area contributed by atoms with Crippen molar-refractivity contribution >= 4 is 56.6 Å². The summed E-state index contributed by atoms with van der Waals surface area (Å²) in [5.74, 6) is -0.523. The van der Waals surface area contributed by atoms with Crippen LogP contribution in [0.4, 0.5) is 4.79 Å². The third kappa shape index (κ3) is 3.53. The Labute approximate surface area is 161 Å². The summed E-state index contributed by atoms with van der Waals surface area (Å²) in [5, 5.41) is 6.35. The molecule has 0 spiro atoms. The molecule has 26 heavy (non-hydrogen) atoms. The molecular weight excluding hydrogens is 392 g/mol. The summed E-state index contributed by atoms with van der Waals surface area (Å²) in [6.07, 6.45) is 0. The van der Waals surface area contributed by atoms with Crippen molar-refractivity contribution in [2.24, 2.45) is 5.73 Å². The molecule has 7 nitrogen and oxygen atoms in total. The Kier molecular flexibility index (Phi) is 5.44. The molecule has 3 aromatic heterocycles. The molecule has 0 aliphatic heterocycles. The highest BCUT2D eigenvalue weighted by atomic mass is 32.2. The summed E-state index contributed by atoms with van der Waals surface area (Å²) in [6, 6.07) is 3.01. The van der Waals surface area contributed by atoms with Gasteiger partial charge < -0.3 is 5.73 Å².